The van der Waals surface area contributed by atoms with Crippen molar-refractivity contribution in [2.45, 2.75) is 13.8 Å². The van der Waals surface area contributed by atoms with Crippen molar-refractivity contribution in [3.05, 3.63) is 59.8 Å². The van der Waals surface area contributed by atoms with Crippen molar-refractivity contribution in [3.63, 3.8) is 0 Å². The third-order valence-electron chi connectivity index (χ3n) is 3.13. The van der Waals surface area contributed by atoms with E-state index in [9.17, 15) is 14.0 Å². The van der Waals surface area contributed by atoms with Gasteiger partial charge in [0.2, 0.25) is 0 Å². The highest BCUT2D eigenvalue weighted by Gasteiger charge is 2.14. The fraction of sp³-hybridized carbons (Fsp3) is 0.176. The van der Waals surface area contributed by atoms with Gasteiger partial charge in [-0.25, -0.2) is 9.18 Å². The average molecular weight is 331 g/mol. The molecule has 2 aromatic rings. The van der Waals surface area contributed by atoms with E-state index < -0.39 is 17.8 Å². The van der Waals surface area contributed by atoms with Crippen molar-refractivity contribution in [1.82, 2.24) is 5.32 Å². The Bertz CT molecular complexity index is 783. The second kappa shape index (κ2) is 7.45. The molecule has 126 valence electrons. The number of anilines is 2. The van der Waals surface area contributed by atoms with E-state index in [1.54, 1.807) is 13.8 Å². The van der Waals surface area contributed by atoms with Crippen LogP contribution in [0.2, 0.25) is 0 Å². The largest absolute Gasteiger partial charge is 0.469 e. The molecule has 0 fully saturated rings. The second-order valence-electron chi connectivity index (χ2n) is 5.30. The maximum absolute atomic E-state index is 13.9. The van der Waals surface area contributed by atoms with E-state index in [4.69, 9.17) is 4.42 Å². The SMILES string of the molecule is C=C(C)CNC(=O)Nc1ccc(F)c(NC(=O)c2ccoc2C)c1. The van der Waals surface area contributed by atoms with Crippen LogP contribution in [0.3, 0.4) is 0 Å². The van der Waals surface area contributed by atoms with Crippen LogP contribution in [0.4, 0.5) is 20.6 Å². The number of benzene rings is 1. The maximum Gasteiger partial charge on any atom is 0.319 e. The van der Waals surface area contributed by atoms with Crippen molar-refractivity contribution in [2.24, 2.45) is 0 Å². The molecule has 0 bridgehead atoms. The van der Waals surface area contributed by atoms with Gasteiger partial charge < -0.3 is 20.4 Å². The Morgan fingerprint density at radius 3 is 2.62 bits per heavy atom. The topological polar surface area (TPSA) is 83.4 Å². The lowest BCUT2D eigenvalue weighted by Gasteiger charge is -2.10. The van der Waals surface area contributed by atoms with E-state index in [2.05, 4.69) is 22.5 Å². The molecule has 0 atom stereocenters. The molecular weight excluding hydrogens is 313 g/mol. The van der Waals surface area contributed by atoms with E-state index >= 15 is 0 Å². The van der Waals surface area contributed by atoms with Crippen molar-refractivity contribution >= 4 is 23.3 Å². The first-order valence-electron chi connectivity index (χ1n) is 7.21. The normalized spacial score (nSPS) is 10.1. The number of carbonyl (C=O) groups is 2. The quantitative estimate of drug-likeness (QED) is 0.731. The van der Waals surface area contributed by atoms with Gasteiger partial charge in [0.15, 0.2) is 0 Å². The maximum atomic E-state index is 13.9. The minimum atomic E-state index is -0.614. The number of aryl methyl sites for hydroxylation is 1. The van der Waals surface area contributed by atoms with Gasteiger partial charge in [0.05, 0.1) is 17.5 Å². The van der Waals surface area contributed by atoms with Crippen LogP contribution in [-0.4, -0.2) is 18.5 Å². The second-order valence-corrected chi connectivity index (χ2v) is 5.30. The molecule has 0 unspecified atom stereocenters. The number of furan rings is 1. The van der Waals surface area contributed by atoms with E-state index in [1.165, 1.54) is 24.5 Å². The lowest BCUT2D eigenvalue weighted by molar-refractivity contribution is 0.102. The van der Waals surface area contributed by atoms with Crippen LogP contribution in [0, 0.1) is 12.7 Å². The van der Waals surface area contributed by atoms with E-state index in [-0.39, 0.29) is 5.69 Å². The molecule has 0 spiro atoms. The highest BCUT2D eigenvalue weighted by Crippen LogP contribution is 2.21. The van der Waals surface area contributed by atoms with Crippen LogP contribution in [0.5, 0.6) is 0 Å². The highest BCUT2D eigenvalue weighted by molar-refractivity contribution is 6.05. The summed E-state index contributed by atoms with van der Waals surface area (Å²) >= 11 is 0. The Balaban J connectivity index is 2.08. The van der Waals surface area contributed by atoms with Gasteiger partial charge in [-0.1, -0.05) is 12.2 Å². The smallest absolute Gasteiger partial charge is 0.319 e. The summed E-state index contributed by atoms with van der Waals surface area (Å²) in [4.78, 5) is 23.8. The predicted molar refractivity (Wildman–Crippen MR) is 89.6 cm³/mol. The molecule has 1 heterocycles. The number of urea groups is 1. The van der Waals surface area contributed by atoms with Gasteiger partial charge in [0.25, 0.3) is 5.91 Å². The van der Waals surface area contributed by atoms with Crippen molar-refractivity contribution in [1.29, 1.82) is 0 Å². The molecule has 0 aliphatic carbocycles. The van der Waals surface area contributed by atoms with Gasteiger partial charge in [0, 0.05) is 12.2 Å². The Morgan fingerprint density at radius 2 is 2.00 bits per heavy atom. The zero-order valence-electron chi connectivity index (χ0n) is 13.4. The summed E-state index contributed by atoms with van der Waals surface area (Å²) in [7, 11) is 0. The summed E-state index contributed by atoms with van der Waals surface area (Å²) in [6.07, 6.45) is 1.38. The molecule has 0 radical (unpaired) electrons. The molecule has 0 saturated heterocycles. The third-order valence-corrected chi connectivity index (χ3v) is 3.13. The first-order chi connectivity index (χ1) is 11.4. The van der Waals surface area contributed by atoms with E-state index in [1.807, 2.05) is 0 Å². The Labute approximate surface area is 138 Å². The number of hydrogen-bond acceptors (Lipinski definition) is 3. The highest BCUT2D eigenvalue weighted by atomic mass is 19.1. The van der Waals surface area contributed by atoms with Crippen LogP contribution < -0.4 is 16.0 Å². The molecule has 1 aromatic carbocycles. The predicted octanol–water partition coefficient (Wildman–Crippen LogP) is 3.68. The molecule has 0 aliphatic rings. The number of nitrogens with one attached hydrogen (secondary N) is 3. The van der Waals surface area contributed by atoms with Crippen LogP contribution >= 0.6 is 0 Å². The van der Waals surface area contributed by atoms with Crippen molar-refractivity contribution < 1.29 is 18.4 Å². The first-order valence-corrected chi connectivity index (χ1v) is 7.21. The molecule has 7 heteroatoms. The zero-order valence-corrected chi connectivity index (χ0v) is 13.4. The van der Waals surface area contributed by atoms with E-state index in [0.717, 1.165) is 11.6 Å². The Hall–Kier alpha value is -3.09. The van der Waals surface area contributed by atoms with Gasteiger partial charge >= 0.3 is 6.03 Å². The average Bonchev–Trinajstić information content (AvgIpc) is 2.95. The zero-order chi connectivity index (χ0) is 17.7. The number of carbonyl (C=O) groups excluding carboxylic acids is 2. The number of amides is 3. The fourth-order valence-electron chi connectivity index (χ4n) is 1.92. The molecule has 24 heavy (non-hydrogen) atoms. The van der Waals surface area contributed by atoms with Crippen LogP contribution in [0.15, 0.2) is 47.1 Å². The minimum absolute atomic E-state index is 0.0432. The van der Waals surface area contributed by atoms with Gasteiger partial charge in [-0.2, -0.15) is 0 Å². The molecule has 1 aromatic heterocycles. The number of rotatable bonds is 5. The molecule has 2 rings (SSSR count). The summed E-state index contributed by atoms with van der Waals surface area (Å²) in [6.45, 7) is 7.42. The summed E-state index contributed by atoms with van der Waals surface area (Å²) in [5, 5.41) is 7.61. The standard InChI is InChI=1S/C17H18FN3O3/c1-10(2)9-19-17(23)20-12-4-5-14(18)15(8-12)21-16(22)13-6-7-24-11(13)3/h4-8H,1,9H2,2-3H3,(H,21,22)(H2,19,20,23). The van der Waals surface area contributed by atoms with Gasteiger partial charge in [0.1, 0.15) is 11.6 Å². The lowest BCUT2D eigenvalue weighted by Crippen LogP contribution is -2.29. The molecule has 6 nitrogen and oxygen atoms in total. The third kappa shape index (κ3) is 4.45. The summed E-state index contributed by atoms with van der Waals surface area (Å²) < 4.78 is 18.9. The van der Waals surface area contributed by atoms with Gasteiger partial charge in [-0.15, -0.1) is 0 Å². The molecule has 0 saturated carbocycles. The van der Waals surface area contributed by atoms with Gasteiger partial charge in [-0.3, -0.25) is 4.79 Å². The van der Waals surface area contributed by atoms with Crippen LogP contribution in [0.25, 0.3) is 0 Å². The molecule has 3 N–H and O–H groups in total. The first kappa shape index (κ1) is 17.3. The van der Waals surface area contributed by atoms with Crippen molar-refractivity contribution in [2.75, 3.05) is 17.2 Å². The summed E-state index contributed by atoms with van der Waals surface area (Å²) in [5.74, 6) is -0.678. The van der Waals surface area contributed by atoms with Crippen molar-refractivity contribution in [3.8, 4) is 0 Å². The molecular formula is C17H18FN3O3. The Morgan fingerprint density at radius 1 is 1.25 bits per heavy atom. The van der Waals surface area contributed by atoms with Crippen LogP contribution in [-0.2, 0) is 0 Å². The van der Waals surface area contributed by atoms with E-state index in [0.29, 0.717) is 23.6 Å². The summed E-state index contributed by atoms with van der Waals surface area (Å²) in [5.41, 5.74) is 1.41. The molecule has 0 aliphatic heterocycles. The fourth-order valence-corrected chi connectivity index (χ4v) is 1.92. The monoisotopic (exact) mass is 331 g/mol. The molecule has 3 amide bonds. The summed E-state index contributed by atoms with van der Waals surface area (Å²) in [6, 6.07) is 4.94. The lowest BCUT2D eigenvalue weighted by atomic mass is 10.2. The number of hydrogen-bond donors (Lipinski definition) is 3. The minimum Gasteiger partial charge on any atom is -0.469 e. The Kier molecular flexibility index (Phi) is 5.36. The van der Waals surface area contributed by atoms with Gasteiger partial charge in [-0.05, 0) is 38.1 Å². The number of halogens is 1. The van der Waals surface area contributed by atoms with Crippen LogP contribution in [0.1, 0.15) is 23.0 Å².